The van der Waals surface area contributed by atoms with Crippen molar-refractivity contribution in [1.29, 1.82) is 0 Å². The van der Waals surface area contributed by atoms with E-state index in [1.54, 1.807) is 11.3 Å². The number of rotatable bonds is 4. The van der Waals surface area contributed by atoms with Gasteiger partial charge in [0.15, 0.2) is 0 Å². The molecule has 0 aliphatic rings. The summed E-state index contributed by atoms with van der Waals surface area (Å²) in [6.45, 7) is 0.530. The second-order valence-corrected chi connectivity index (χ2v) is 6.77. The number of carbonyl (C=O) groups excluding carboxylic acids is 1. The molecule has 0 spiro atoms. The number of hydrogen-bond donors (Lipinski definition) is 1. The molecule has 0 bridgehead atoms. The third-order valence-corrected chi connectivity index (χ3v) is 4.24. The van der Waals surface area contributed by atoms with Crippen molar-refractivity contribution in [3.05, 3.63) is 55.6 Å². The first-order valence-corrected chi connectivity index (χ1v) is 7.37. The van der Waals surface area contributed by atoms with Crippen molar-refractivity contribution in [3.8, 4) is 0 Å². The summed E-state index contributed by atoms with van der Waals surface area (Å²) in [6.07, 6.45) is 0.420. The van der Waals surface area contributed by atoms with Gasteiger partial charge < -0.3 is 5.32 Å². The Bertz CT molecular complexity index is 538. The van der Waals surface area contributed by atoms with Gasteiger partial charge in [-0.25, -0.2) is 0 Å². The number of carbonyl (C=O) groups is 1. The maximum atomic E-state index is 11.7. The van der Waals surface area contributed by atoms with E-state index in [1.807, 2.05) is 36.4 Å². The summed E-state index contributed by atoms with van der Waals surface area (Å²) in [5, 5.41) is 3.59. The molecule has 0 radical (unpaired) electrons. The van der Waals surface area contributed by atoms with E-state index in [-0.39, 0.29) is 5.91 Å². The molecular formula is C13H11BrClNOS. The fourth-order valence-electron chi connectivity index (χ4n) is 1.47. The zero-order valence-corrected chi connectivity index (χ0v) is 12.6. The molecule has 1 heterocycles. The Morgan fingerprint density at radius 1 is 1.22 bits per heavy atom. The van der Waals surface area contributed by atoms with Crippen molar-refractivity contribution in [3.63, 3.8) is 0 Å². The topological polar surface area (TPSA) is 29.1 Å². The van der Waals surface area contributed by atoms with E-state index in [9.17, 15) is 4.79 Å². The van der Waals surface area contributed by atoms with Crippen LogP contribution in [0.1, 0.15) is 10.4 Å². The van der Waals surface area contributed by atoms with Crippen molar-refractivity contribution >= 4 is 44.8 Å². The highest BCUT2D eigenvalue weighted by molar-refractivity contribution is 9.11. The first kappa shape index (κ1) is 13.6. The Hall–Kier alpha value is -0.840. The molecule has 0 unspecified atom stereocenters. The third-order valence-electron chi connectivity index (χ3n) is 2.37. The molecule has 0 aliphatic heterocycles. The van der Waals surface area contributed by atoms with Gasteiger partial charge in [-0.15, -0.1) is 11.3 Å². The predicted octanol–water partition coefficient (Wildman–Crippen LogP) is 4.02. The van der Waals surface area contributed by atoms with Gasteiger partial charge in [-0.1, -0.05) is 23.7 Å². The van der Waals surface area contributed by atoms with Crippen LogP contribution in [0.4, 0.5) is 0 Å². The SMILES string of the molecule is O=C(Cc1ccc(Br)s1)NCc1ccc(Cl)cc1. The van der Waals surface area contributed by atoms with Crippen molar-refractivity contribution in [2.24, 2.45) is 0 Å². The lowest BCUT2D eigenvalue weighted by atomic mass is 10.2. The van der Waals surface area contributed by atoms with E-state index in [0.29, 0.717) is 18.0 Å². The highest BCUT2D eigenvalue weighted by atomic mass is 79.9. The van der Waals surface area contributed by atoms with Crippen LogP contribution < -0.4 is 5.32 Å². The number of halogens is 2. The maximum absolute atomic E-state index is 11.7. The van der Waals surface area contributed by atoms with Crippen LogP contribution in [-0.4, -0.2) is 5.91 Å². The van der Waals surface area contributed by atoms with Crippen LogP contribution in [0.15, 0.2) is 40.2 Å². The number of amides is 1. The summed E-state index contributed by atoms with van der Waals surface area (Å²) in [5.74, 6) is 0.0271. The van der Waals surface area contributed by atoms with Gasteiger partial charge in [0.25, 0.3) is 0 Å². The molecule has 0 saturated heterocycles. The second-order valence-electron chi connectivity index (χ2n) is 3.79. The largest absolute Gasteiger partial charge is 0.352 e. The molecule has 5 heteroatoms. The van der Waals surface area contributed by atoms with Gasteiger partial charge in [0, 0.05) is 16.4 Å². The van der Waals surface area contributed by atoms with E-state index in [0.717, 1.165) is 14.2 Å². The van der Waals surface area contributed by atoms with Gasteiger partial charge in [-0.2, -0.15) is 0 Å². The minimum absolute atomic E-state index is 0.0271. The van der Waals surface area contributed by atoms with Crippen molar-refractivity contribution in [2.75, 3.05) is 0 Å². The maximum Gasteiger partial charge on any atom is 0.225 e. The quantitative estimate of drug-likeness (QED) is 0.891. The molecule has 2 rings (SSSR count). The van der Waals surface area contributed by atoms with Gasteiger partial charge >= 0.3 is 0 Å². The molecule has 94 valence electrons. The molecular weight excluding hydrogens is 334 g/mol. The fourth-order valence-corrected chi connectivity index (χ4v) is 3.08. The van der Waals surface area contributed by atoms with Crippen LogP contribution in [0, 0.1) is 0 Å². The van der Waals surface area contributed by atoms with E-state index in [1.165, 1.54) is 0 Å². The van der Waals surface area contributed by atoms with Gasteiger partial charge in [0.05, 0.1) is 10.2 Å². The molecule has 0 fully saturated rings. The number of thiophene rings is 1. The number of benzene rings is 1. The van der Waals surface area contributed by atoms with Crippen molar-refractivity contribution in [1.82, 2.24) is 5.32 Å². The molecule has 0 atom stereocenters. The second kappa shape index (κ2) is 6.36. The van der Waals surface area contributed by atoms with Crippen molar-refractivity contribution in [2.45, 2.75) is 13.0 Å². The smallest absolute Gasteiger partial charge is 0.225 e. The summed E-state index contributed by atoms with van der Waals surface area (Å²) >= 11 is 10.8. The van der Waals surface area contributed by atoms with Crippen LogP contribution >= 0.6 is 38.9 Å². The van der Waals surface area contributed by atoms with Gasteiger partial charge in [-0.3, -0.25) is 4.79 Å². The minimum atomic E-state index is 0.0271. The van der Waals surface area contributed by atoms with Crippen LogP contribution in [0.2, 0.25) is 5.02 Å². The normalized spacial score (nSPS) is 10.3. The first-order chi connectivity index (χ1) is 8.63. The average Bonchev–Trinajstić information content (AvgIpc) is 2.74. The van der Waals surface area contributed by atoms with E-state index >= 15 is 0 Å². The van der Waals surface area contributed by atoms with E-state index < -0.39 is 0 Å². The Balaban J connectivity index is 1.83. The lowest BCUT2D eigenvalue weighted by molar-refractivity contribution is -0.120. The zero-order valence-electron chi connectivity index (χ0n) is 9.45. The fraction of sp³-hybridized carbons (Fsp3) is 0.154. The molecule has 1 aromatic heterocycles. The molecule has 2 nitrogen and oxygen atoms in total. The average molecular weight is 345 g/mol. The Morgan fingerprint density at radius 2 is 1.94 bits per heavy atom. The van der Waals surface area contributed by atoms with Crippen molar-refractivity contribution < 1.29 is 4.79 Å². The summed E-state index contributed by atoms with van der Waals surface area (Å²) in [4.78, 5) is 12.8. The summed E-state index contributed by atoms with van der Waals surface area (Å²) in [6, 6.07) is 11.4. The third kappa shape index (κ3) is 4.12. The summed E-state index contributed by atoms with van der Waals surface area (Å²) < 4.78 is 1.04. The zero-order chi connectivity index (χ0) is 13.0. The lowest BCUT2D eigenvalue weighted by Gasteiger charge is -2.04. The van der Waals surface area contributed by atoms with Crippen LogP contribution in [-0.2, 0) is 17.8 Å². The molecule has 18 heavy (non-hydrogen) atoms. The van der Waals surface area contributed by atoms with Crippen LogP contribution in [0.25, 0.3) is 0 Å². The molecule has 1 N–H and O–H groups in total. The molecule has 0 saturated carbocycles. The Kier molecular flexibility index (Phi) is 4.80. The standard InChI is InChI=1S/C13H11BrClNOS/c14-12-6-5-11(18-12)7-13(17)16-8-9-1-3-10(15)4-2-9/h1-6H,7-8H2,(H,16,17). The summed E-state index contributed by atoms with van der Waals surface area (Å²) in [7, 11) is 0. The predicted molar refractivity (Wildman–Crippen MR) is 79.0 cm³/mol. The molecule has 1 aromatic carbocycles. The first-order valence-electron chi connectivity index (χ1n) is 5.39. The minimum Gasteiger partial charge on any atom is -0.352 e. The van der Waals surface area contributed by atoms with Crippen LogP contribution in [0.5, 0.6) is 0 Å². The van der Waals surface area contributed by atoms with Gasteiger partial charge in [0.2, 0.25) is 5.91 Å². The van der Waals surface area contributed by atoms with Gasteiger partial charge in [0.1, 0.15) is 0 Å². The Morgan fingerprint density at radius 3 is 2.56 bits per heavy atom. The Labute approximate surface area is 123 Å². The van der Waals surface area contributed by atoms with E-state index in [2.05, 4.69) is 21.2 Å². The van der Waals surface area contributed by atoms with Gasteiger partial charge in [-0.05, 0) is 45.8 Å². The highest BCUT2D eigenvalue weighted by Crippen LogP contribution is 2.22. The monoisotopic (exact) mass is 343 g/mol. The number of hydrogen-bond acceptors (Lipinski definition) is 2. The molecule has 2 aromatic rings. The lowest BCUT2D eigenvalue weighted by Crippen LogP contribution is -2.24. The molecule has 1 amide bonds. The van der Waals surface area contributed by atoms with Crippen LogP contribution in [0.3, 0.4) is 0 Å². The summed E-state index contributed by atoms with van der Waals surface area (Å²) in [5.41, 5.74) is 1.04. The molecule has 0 aliphatic carbocycles. The highest BCUT2D eigenvalue weighted by Gasteiger charge is 2.05. The number of nitrogens with one attached hydrogen (secondary N) is 1. The van der Waals surface area contributed by atoms with E-state index in [4.69, 9.17) is 11.6 Å².